The van der Waals surface area contributed by atoms with Crippen LogP contribution in [0, 0.1) is 0 Å². The average molecular weight is 305 g/mol. The summed E-state index contributed by atoms with van der Waals surface area (Å²) in [5.41, 5.74) is 5.66. The summed E-state index contributed by atoms with van der Waals surface area (Å²) in [7, 11) is 0. The Kier molecular flexibility index (Phi) is 4.98. The smallest absolute Gasteiger partial charge is 0.338 e. The molecule has 0 aliphatic carbocycles. The van der Waals surface area contributed by atoms with Crippen LogP contribution in [0.15, 0.2) is 24.3 Å². The molecule has 0 aromatic heterocycles. The van der Waals surface area contributed by atoms with Crippen molar-refractivity contribution in [2.75, 3.05) is 18.4 Å². The highest BCUT2D eigenvalue weighted by molar-refractivity contribution is 5.95. The minimum Gasteiger partial charge on any atom is -0.449 e. The maximum atomic E-state index is 12.1. The number of carbonyl (C=O) groups excluding carboxylic acids is 3. The number of amides is 3. The lowest BCUT2D eigenvalue weighted by molar-refractivity contribution is -0.138. The van der Waals surface area contributed by atoms with Crippen molar-refractivity contribution in [3.05, 3.63) is 29.8 Å². The summed E-state index contributed by atoms with van der Waals surface area (Å²) in [5, 5.41) is 2.38. The van der Waals surface area contributed by atoms with Crippen LogP contribution >= 0.6 is 0 Å². The van der Waals surface area contributed by atoms with Gasteiger partial charge >= 0.3 is 12.0 Å². The second-order valence-corrected chi connectivity index (χ2v) is 5.15. The van der Waals surface area contributed by atoms with Crippen molar-refractivity contribution in [2.24, 2.45) is 5.73 Å². The van der Waals surface area contributed by atoms with Crippen molar-refractivity contribution >= 4 is 23.6 Å². The molecule has 1 aliphatic rings. The molecule has 1 aromatic rings. The minimum atomic E-state index is -0.835. The average Bonchev–Trinajstić information content (AvgIpc) is 3.00. The second kappa shape index (κ2) is 6.93. The Balaban J connectivity index is 1.99. The molecule has 1 saturated heterocycles. The Morgan fingerprint density at radius 3 is 2.59 bits per heavy atom. The minimum absolute atomic E-state index is 0.183. The predicted molar refractivity (Wildman–Crippen MR) is 80.3 cm³/mol. The first-order valence-corrected chi connectivity index (χ1v) is 7.13. The highest BCUT2D eigenvalue weighted by atomic mass is 16.5. The van der Waals surface area contributed by atoms with Crippen LogP contribution in [0.3, 0.4) is 0 Å². The molecule has 1 atom stereocenters. The van der Waals surface area contributed by atoms with Gasteiger partial charge in [0, 0.05) is 18.8 Å². The number of esters is 1. The van der Waals surface area contributed by atoms with E-state index < -0.39 is 18.1 Å². The second-order valence-electron chi connectivity index (χ2n) is 5.15. The van der Waals surface area contributed by atoms with Crippen molar-refractivity contribution in [2.45, 2.75) is 25.9 Å². The van der Waals surface area contributed by atoms with Crippen molar-refractivity contribution < 1.29 is 19.1 Å². The highest BCUT2D eigenvalue weighted by Crippen LogP contribution is 2.14. The summed E-state index contributed by atoms with van der Waals surface area (Å²) < 4.78 is 5.20. The number of anilines is 1. The number of nitrogens with zero attached hydrogens (tertiary/aromatic N) is 1. The molecule has 3 N–H and O–H groups in total. The van der Waals surface area contributed by atoms with E-state index in [4.69, 9.17) is 10.5 Å². The van der Waals surface area contributed by atoms with Gasteiger partial charge in [0.05, 0.1) is 5.56 Å². The van der Waals surface area contributed by atoms with E-state index in [2.05, 4.69) is 5.32 Å². The van der Waals surface area contributed by atoms with E-state index in [0.29, 0.717) is 18.8 Å². The van der Waals surface area contributed by atoms with E-state index >= 15 is 0 Å². The molecule has 0 spiro atoms. The zero-order valence-corrected chi connectivity index (χ0v) is 12.4. The summed E-state index contributed by atoms with van der Waals surface area (Å²) >= 11 is 0. The third kappa shape index (κ3) is 3.97. The van der Waals surface area contributed by atoms with Crippen LogP contribution in [0.1, 0.15) is 30.1 Å². The van der Waals surface area contributed by atoms with Gasteiger partial charge in [0.1, 0.15) is 0 Å². The number of ether oxygens (including phenoxy) is 1. The molecular formula is C15H19N3O4. The molecule has 1 aromatic carbocycles. The van der Waals surface area contributed by atoms with Gasteiger partial charge in [-0.1, -0.05) is 6.07 Å². The van der Waals surface area contributed by atoms with Gasteiger partial charge in [0.15, 0.2) is 6.10 Å². The fraction of sp³-hybridized carbons (Fsp3) is 0.400. The molecule has 1 aliphatic heterocycles. The number of nitrogens with one attached hydrogen (secondary N) is 1. The molecule has 0 unspecified atom stereocenters. The zero-order valence-electron chi connectivity index (χ0n) is 12.4. The number of hydrogen-bond donors (Lipinski definition) is 2. The molecule has 7 nitrogen and oxygen atoms in total. The largest absolute Gasteiger partial charge is 0.449 e. The summed E-state index contributed by atoms with van der Waals surface area (Å²) in [6.07, 6.45) is 1.12. The van der Waals surface area contributed by atoms with Crippen LogP contribution in [0.2, 0.25) is 0 Å². The molecule has 22 heavy (non-hydrogen) atoms. The highest BCUT2D eigenvalue weighted by Gasteiger charge is 2.26. The van der Waals surface area contributed by atoms with Crippen LogP contribution < -0.4 is 11.1 Å². The first-order valence-electron chi connectivity index (χ1n) is 7.13. The number of benzene rings is 1. The van der Waals surface area contributed by atoms with E-state index in [1.165, 1.54) is 6.07 Å². The third-order valence-electron chi connectivity index (χ3n) is 3.42. The Morgan fingerprint density at radius 1 is 1.27 bits per heavy atom. The first-order chi connectivity index (χ1) is 10.5. The molecule has 0 radical (unpaired) electrons. The molecule has 2 rings (SSSR count). The van der Waals surface area contributed by atoms with Gasteiger partial charge in [0.2, 0.25) is 0 Å². The van der Waals surface area contributed by atoms with E-state index in [1.807, 2.05) is 0 Å². The van der Waals surface area contributed by atoms with Crippen LogP contribution in [0.25, 0.3) is 0 Å². The molecule has 3 amide bonds. The number of rotatable bonds is 4. The molecule has 0 bridgehead atoms. The van der Waals surface area contributed by atoms with Gasteiger partial charge in [-0.2, -0.15) is 0 Å². The van der Waals surface area contributed by atoms with Gasteiger partial charge in [-0.15, -0.1) is 0 Å². The lowest BCUT2D eigenvalue weighted by atomic mass is 10.2. The van der Waals surface area contributed by atoms with Crippen molar-refractivity contribution in [3.63, 3.8) is 0 Å². The first kappa shape index (κ1) is 15.8. The normalized spacial score (nSPS) is 15.2. The number of carbonyl (C=O) groups is 3. The van der Waals surface area contributed by atoms with E-state index in [1.54, 1.807) is 30.0 Å². The molecule has 1 heterocycles. The third-order valence-corrected chi connectivity index (χ3v) is 3.42. The maximum absolute atomic E-state index is 12.1. The van der Waals surface area contributed by atoms with Gasteiger partial charge in [-0.3, -0.25) is 4.79 Å². The number of primary amides is 1. The lowest BCUT2D eigenvalue weighted by Gasteiger charge is -2.20. The van der Waals surface area contributed by atoms with Crippen molar-refractivity contribution in [1.82, 2.24) is 4.90 Å². The standard InChI is InChI=1S/C15H19N3O4/c1-10(13(19)18-7-2-3-8-18)22-14(20)11-5-4-6-12(9-11)17-15(16)21/h4-6,9-10H,2-3,7-8H2,1H3,(H3,16,17,21)/t10-/m1/s1. The fourth-order valence-corrected chi connectivity index (χ4v) is 2.34. The zero-order chi connectivity index (χ0) is 16.1. The summed E-state index contributed by atoms with van der Waals surface area (Å²) in [6, 6.07) is 5.46. The van der Waals surface area contributed by atoms with E-state index in [0.717, 1.165) is 12.8 Å². The SMILES string of the molecule is C[C@@H](OC(=O)c1cccc(NC(N)=O)c1)C(=O)N1CCCC1. The van der Waals surface area contributed by atoms with Gasteiger partial charge in [-0.25, -0.2) is 9.59 Å². The van der Waals surface area contributed by atoms with Gasteiger partial charge in [-0.05, 0) is 38.0 Å². The van der Waals surface area contributed by atoms with Crippen LogP contribution in [-0.2, 0) is 9.53 Å². The monoisotopic (exact) mass is 305 g/mol. The number of likely N-dealkylation sites (tertiary alicyclic amines) is 1. The fourth-order valence-electron chi connectivity index (χ4n) is 2.34. The molecule has 7 heteroatoms. The maximum Gasteiger partial charge on any atom is 0.338 e. The van der Waals surface area contributed by atoms with Gasteiger partial charge in [0.25, 0.3) is 5.91 Å². The summed E-state index contributed by atoms with van der Waals surface area (Å²) in [5.74, 6) is -0.801. The summed E-state index contributed by atoms with van der Waals surface area (Å²) in [4.78, 5) is 36.7. The molecule has 1 fully saturated rings. The van der Waals surface area contributed by atoms with Crippen LogP contribution in [-0.4, -0.2) is 42.0 Å². The van der Waals surface area contributed by atoms with Gasteiger partial charge < -0.3 is 20.7 Å². The molecule has 118 valence electrons. The molecular weight excluding hydrogens is 286 g/mol. The van der Waals surface area contributed by atoms with Crippen molar-refractivity contribution in [3.8, 4) is 0 Å². The van der Waals surface area contributed by atoms with E-state index in [-0.39, 0.29) is 11.5 Å². The molecule has 0 saturated carbocycles. The number of urea groups is 1. The topological polar surface area (TPSA) is 102 Å². The Labute approximate surface area is 128 Å². The Bertz CT molecular complexity index is 582. The number of hydrogen-bond acceptors (Lipinski definition) is 4. The van der Waals surface area contributed by atoms with E-state index in [9.17, 15) is 14.4 Å². The lowest BCUT2D eigenvalue weighted by Crippen LogP contribution is -2.38. The summed E-state index contributed by atoms with van der Waals surface area (Å²) in [6.45, 7) is 2.97. The predicted octanol–water partition coefficient (Wildman–Crippen LogP) is 1.34. The van der Waals surface area contributed by atoms with Crippen molar-refractivity contribution in [1.29, 1.82) is 0 Å². The number of nitrogens with two attached hydrogens (primary N) is 1. The Hall–Kier alpha value is -2.57. The van der Waals surface area contributed by atoms with Crippen LogP contribution in [0.4, 0.5) is 10.5 Å². The van der Waals surface area contributed by atoms with Crippen LogP contribution in [0.5, 0.6) is 0 Å². The Morgan fingerprint density at radius 2 is 1.95 bits per heavy atom. The quantitative estimate of drug-likeness (QED) is 0.820.